The molecule has 0 saturated heterocycles. The Hall–Kier alpha value is -2.13. The van der Waals surface area contributed by atoms with Crippen LogP contribution in [-0.4, -0.2) is 22.7 Å². The topological polar surface area (TPSA) is 99.2 Å². The molecule has 1 aliphatic carbocycles. The lowest BCUT2D eigenvalue weighted by atomic mass is 9.86. The van der Waals surface area contributed by atoms with Gasteiger partial charge in [0.15, 0.2) is 0 Å². The minimum absolute atomic E-state index is 0.102. The highest BCUT2D eigenvalue weighted by molar-refractivity contribution is 5.64. The van der Waals surface area contributed by atoms with Gasteiger partial charge in [0.25, 0.3) is 5.69 Å². The summed E-state index contributed by atoms with van der Waals surface area (Å²) in [6.07, 6.45) is 3.50. The van der Waals surface area contributed by atoms with Crippen LogP contribution < -0.4 is 5.32 Å². The van der Waals surface area contributed by atoms with Crippen molar-refractivity contribution in [3.05, 3.63) is 33.9 Å². The van der Waals surface area contributed by atoms with Crippen molar-refractivity contribution in [3.8, 4) is 6.07 Å². The number of benzene rings is 1. The van der Waals surface area contributed by atoms with E-state index in [1.54, 1.807) is 12.1 Å². The average molecular weight is 275 g/mol. The maximum atomic E-state index is 11.0. The van der Waals surface area contributed by atoms with Crippen LogP contribution in [0.3, 0.4) is 0 Å². The van der Waals surface area contributed by atoms with Crippen LogP contribution in [0, 0.1) is 27.4 Å². The summed E-state index contributed by atoms with van der Waals surface area (Å²) >= 11 is 0. The van der Waals surface area contributed by atoms with Gasteiger partial charge in [0.2, 0.25) is 0 Å². The molecule has 0 radical (unpaired) electrons. The number of hydrogen-bond donors (Lipinski definition) is 2. The number of nitrogens with zero attached hydrogens (tertiary/aromatic N) is 2. The molecular weight excluding hydrogens is 258 g/mol. The summed E-state index contributed by atoms with van der Waals surface area (Å²) in [6, 6.07) is 6.25. The van der Waals surface area contributed by atoms with Crippen LogP contribution >= 0.6 is 0 Å². The van der Waals surface area contributed by atoms with E-state index in [4.69, 9.17) is 5.26 Å². The number of hydrogen-bond acceptors (Lipinski definition) is 5. The number of nitro groups is 1. The maximum absolute atomic E-state index is 11.0. The lowest BCUT2D eigenvalue weighted by Gasteiger charge is -2.27. The first kappa shape index (κ1) is 14.3. The van der Waals surface area contributed by atoms with E-state index in [0.717, 1.165) is 25.7 Å². The van der Waals surface area contributed by atoms with Gasteiger partial charge in [0.1, 0.15) is 5.69 Å². The molecule has 0 aromatic heterocycles. The van der Waals surface area contributed by atoms with Crippen LogP contribution in [0.15, 0.2) is 18.2 Å². The number of nitrogens with one attached hydrogen (secondary N) is 1. The van der Waals surface area contributed by atoms with Gasteiger partial charge in [-0.2, -0.15) is 5.26 Å². The van der Waals surface area contributed by atoms with Gasteiger partial charge < -0.3 is 10.4 Å². The Morgan fingerprint density at radius 3 is 2.85 bits per heavy atom. The SMILES string of the molecule is N#Cc1ccc(NCC2CCCCC2O)c([N+](=O)[O-])c1. The summed E-state index contributed by atoms with van der Waals surface area (Å²) in [6.45, 7) is 0.508. The van der Waals surface area contributed by atoms with Gasteiger partial charge in [-0.15, -0.1) is 0 Å². The summed E-state index contributed by atoms with van der Waals surface area (Å²) in [4.78, 5) is 10.5. The fourth-order valence-corrected chi connectivity index (χ4v) is 2.57. The van der Waals surface area contributed by atoms with Crippen LogP contribution in [0.25, 0.3) is 0 Å². The third-order valence-corrected chi connectivity index (χ3v) is 3.75. The van der Waals surface area contributed by atoms with Crippen molar-refractivity contribution in [2.45, 2.75) is 31.8 Å². The molecule has 106 valence electrons. The van der Waals surface area contributed by atoms with Crippen molar-refractivity contribution < 1.29 is 10.0 Å². The van der Waals surface area contributed by atoms with E-state index in [9.17, 15) is 15.2 Å². The predicted molar refractivity (Wildman–Crippen MR) is 74.3 cm³/mol. The van der Waals surface area contributed by atoms with E-state index in [-0.39, 0.29) is 23.3 Å². The maximum Gasteiger partial charge on any atom is 0.293 e. The van der Waals surface area contributed by atoms with Crippen molar-refractivity contribution in [2.75, 3.05) is 11.9 Å². The van der Waals surface area contributed by atoms with E-state index in [1.165, 1.54) is 6.07 Å². The first-order valence-corrected chi connectivity index (χ1v) is 6.72. The fourth-order valence-electron chi connectivity index (χ4n) is 2.57. The Bertz CT molecular complexity index is 539. The molecule has 0 heterocycles. The Morgan fingerprint density at radius 1 is 1.45 bits per heavy atom. The first-order valence-electron chi connectivity index (χ1n) is 6.72. The highest BCUT2D eigenvalue weighted by Crippen LogP contribution is 2.28. The minimum atomic E-state index is -0.500. The van der Waals surface area contributed by atoms with Crippen LogP contribution in [0.2, 0.25) is 0 Å². The molecule has 0 aliphatic heterocycles. The van der Waals surface area contributed by atoms with E-state index >= 15 is 0 Å². The highest BCUT2D eigenvalue weighted by Gasteiger charge is 2.23. The molecule has 2 unspecified atom stereocenters. The molecule has 2 N–H and O–H groups in total. The van der Waals surface area contributed by atoms with Gasteiger partial charge in [0, 0.05) is 18.5 Å². The van der Waals surface area contributed by atoms with Gasteiger partial charge in [-0.3, -0.25) is 10.1 Å². The molecule has 1 aliphatic rings. The minimum Gasteiger partial charge on any atom is -0.393 e. The Kier molecular flexibility index (Phi) is 4.53. The highest BCUT2D eigenvalue weighted by atomic mass is 16.6. The van der Waals surface area contributed by atoms with Crippen molar-refractivity contribution in [3.63, 3.8) is 0 Å². The molecule has 20 heavy (non-hydrogen) atoms. The zero-order valence-corrected chi connectivity index (χ0v) is 11.1. The summed E-state index contributed by atoms with van der Waals surface area (Å²) < 4.78 is 0. The lowest BCUT2D eigenvalue weighted by Crippen LogP contribution is -2.30. The summed E-state index contributed by atoms with van der Waals surface area (Å²) in [7, 11) is 0. The van der Waals surface area contributed by atoms with Crippen molar-refractivity contribution in [1.29, 1.82) is 5.26 Å². The van der Waals surface area contributed by atoms with Crippen LogP contribution in [0.4, 0.5) is 11.4 Å². The van der Waals surface area contributed by atoms with Crippen LogP contribution in [-0.2, 0) is 0 Å². The first-order chi connectivity index (χ1) is 9.61. The molecule has 1 aromatic rings. The fraction of sp³-hybridized carbons (Fsp3) is 0.500. The van der Waals surface area contributed by atoms with E-state index in [1.807, 2.05) is 6.07 Å². The van der Waals surface area contributed by atoms with E-state index < -0.39 is 4.92 Å². The summed E-state index contributed by atoms with van der Waals surface area (Å²) in [5.41, 5.74) is 0.557. The van der Waals surface area contributed by atoms with E-state index in [2.05, 4.69) is 5.32 Å². The lowest BCUT2D eigenvalue weighted by molar-refractivity contribution is -0.384. The second-order valence-corrected chi connectivity index (χ2v) is 5.09. The molecule has 1 aromatic carbocycles. The standard InChI is InChI=1S/C14H17N3O3/c15-8-10-5-6-12(13(7-10)17(19)20)16-9-11-3-1-2-4-14(11)18/h5-7,11,14,16,18H,1-4,9H2. The molecule has 6 nitrogen and oxygen atoms in total. The van der Waals surface area contributed by atoms with Crippen molar-refractivity contribution >= 4 is 11.4 Å². The van der Waals surface area contributed by atoms with Gasteiger partial charge >= 0.3 is 0 Å². The summed E-state index contributed by atoms with van der Waals surface area (Å²) in [5.74, 6) is 0.124. The van der Waals surface area contributed by atoms with Gasteiger partial charge in [-0.25, -0.2) is 0 Å². The third kappa shape index (κ3) is 3.25. The largest absolute Gasteiger partial charge is 0.393 e. The second-order valence-electron chi connectivity index (χ2n) is 5.09. The number of anilines is 1. The number of nitriles is 1. The quantitative estimate of drug-likeness (QED) is 0.649. The summed E-state index contributed by atoms with van der Waals surface area (Å²) in [5, 5.41) is 32.7. The van der Waals surface area contributed by atoms with Gasteiger partial charge in [-0.05, 0) is 25.0 Å². The Labute approximate surface area is 117 Å². The zero-order valence-electron chi connectivity index (χ0n) is 11.1. The molecule has 0 amide bonds. The third-order valence-electron chi connectivity index (χ3n) is 3.75. The molecule has 0 spiro atoms. The molecular formula is C14H17N3O3. The van der Waals surface area contributed by atoms with Crippen molar-refractivity contribution in [2.24, 2.45) is 5.92 Å². The molecule has 0 bridgehead atoms. The molecule has 1 fully saturated rings. The molecule has 1 saturated carbocycles. The number of aliphatic hydroxyl groups excluding tert-OH is 1. The second kappa shape index (κ2) is 6.35. The van der Waals surface area contributed by atoms with Crippen LogP contribution in [0.1, 0.15) is 31.2 Å². The molecule has 2 rings (SSSR count). The smallest absolute Gasteiger partial charge is 0.293 e. The number of nitro benzene ring substituents is 1. The molecule has 2 atom stereocenters. The van der Waals surface area contributed by atoms with Crippen molar-refractivity contribution in [1.82, 2.24) is 0 Å². The monoisotopic (exact) mass is 275 g/mol. The normalized spacial score (nSPS) is 22.0. The van der Waals surface area contributed by atoms with Gasteiger partial charge in [0.05, 0.1) is 22.7 Å². The number of rotatable bonds is 4. The zero-order chi connectivity index (χ0) is 14.5. The number of aliphatic hydroxyl groups is 1. The van der Waals surface area contributed by atoms with Gasteiger partial charge in [-0.1, -0.05) is 12.8 Å². The average Bonchev–Trinajstić information content (AvgIpc) is 2.46. The Morgan fingerprint density at radius 2 is 2.20 bits per heavy atom. The molecule has 6 heteroatoms. The van der Waals surface area contributed by atoms with Crippen LogP contribution in [0.5, 0.6) is 0 Å². The Balaban J connectivity index is 2.09. The predicted octanol–water partition coefficient (Wildman–Crippen LogP) is 2.43. The van der Waals surface area contributed by atoms with E-state index in [0.29, 0.717) is 12.2 Å².